The van der Waals surface area contributed by atoms with E-state index >= 15 is 0 Å². The minimum atomic E-state index is -0.0789. The van der Waals surface area contributed by atoms with Crippen LogP contribution in [0.5, 0.6) is 0 Å². The highest BCUT2D eigenvalue weighted by molar-refractivity contribution is 5.78. The maximum absolute atomic E-state index is 11.3. The lowest BCUT2D eigenvalue weighted by molar-refractivity contribution is -0.119. The zero-order valence-electron chi connectivity index (χ0n) is 13.4. The van der Waals surface area contributed by atoms with E-state index in [0.717, 1.165) is 11.3 Å². The van der Waals surface area contributed by atoms with Gasteiger partial charge in [0.2, 0.25) is 11.8 Å². The second-order valence-electron chi connectivity index (χ2n) is 5.56. The molecule has 0 spiro atoms. The van der Waals surface area contributed by atoms with Gasteiger partial charge in [0.1, 0.15) is 6.04 Å². The zero-order valence-corrected chi connectivity index (χ0v) is 13.4. The first-order valence-electron chi connectivity index (χ1n) is 7.39. The molecule has 0 radical (unpaired) electrons. The van der Waals surface area contributed by atoms with E-state index < -0.39 is 0 Å². The summed E-state index contributed by atoms with van der Waals surface area (Å²) in [6, 6.07) is 7.66. The summed E-state index contributed by atoms with van der Waals surface area (Å²) < 4.78 is 5.27. The Morgan fingerprint density at radius 1 is 1.23 bits per heavy atom. The molecule has 118 valence electrons. The van der Waals surface area contributed by atoms with Gasteiger partial charge >= 0.3 is 0 Å². The van der Waals surface area contributed by atoms with Gasteiger partial charge in [-0.2, -0.15) is 4.98 Å². The van der Waals surface area contributed by atoms with Gasteiger partial charge in [0.05, 0.1) is 6.42 Å². The van der Waals surface area contributed by atoms with Gasteiger partial charge in [-0.3, -0.25) is 4.79 Å². The average Bonchev–Trinajstić information content (AvgIpc) is 2.99. The normalized spacial score (nSPS) is 12.2. The van der Waals surface area contributed by atoms with Crippen molar-refractivity contribution in [1.82, 2.24) is 15.5 Å². The number of amides is 1. The Bertz CT molecular complexity index is 619. The predicted molar refractivity (Wildman–Crippen MR) is 84.6 cm³/mol. The third kappa shape index (κ3) is 4.07. The minimum absolute atomic E-state index is 0.00107. The van der Waals surface area contributed by atoms with E-state index in [1.54, 1.807) is 7.05 Å². The van der Waals surface area contributed by atoms with Crippen LogP contribution in [0.15, 0.2) is 28.8 Å². The fourth-order valence-corrected chi connectivity index (χ4v) is 1.96. The molecule has 0 saturated heterocycles. The highest BCUT2D eigenvalue weighted by atomic mass is 16.5. The topological polar surface area (TPSA) is 80.0 Å². The van der Waals surface area contributed by atoms with Crippen LogP contribution in [0, 0.1) is 0 Å². The van der Waals surface area contributed by atoms with Crippen LogP contribution >= 0.6 is 0 Å². The van der Waals surface area contributed by atoms with Gasteiger partial charge in [-0.25, -0.2) is 0 Å². The first kappa shape index (κ1) is 16.0. The third-order valence-electron chi connectivity index (χ3n) is 3.32. The molecule has 2 rings (SSSR count). The predicted octanol–water partition coefficient (Wildman–Crippen LogP) is 2.65. The number of hydrogen-bond donors (Lipinski definition) is 2. The maximum atomic E-state index is 11.3. The third-order valence-corrected chi connectivity index (χ3v) is 3.32. The molecule has 0 aliphatic carbocycles. The lowest BCUT2D eigenvalue weighted by Gasteiger charge is -2.11. The monoisotopic (exact) mass is 302 g/mol. The Labute approximate surface area is 130 Å². The molecule has 22 heavy (non-hydrogen) atoms. The van der Waals surface area contributed by atoms with Gasteiger partial charge in [-0.15, -0.1) is 0 Å². The number of nitrogens with one attached hydrogen (secondary N) is 2. The Balaban J connectivity index is 1.98. The molecule has 1 atom stereocenters. The van der Waals surface area contributed by atoms with Crippen molar-refractivity contribution in [1.29, 1.82) is 0 Å². The number of anilines is 1. The SMILES string of the molecule is CNC(=O)Cc1ccc(NC(C)c2nc(C(C)C)no2)cc1. The molecule has 2 N–H and O–H groups in total. The molecule has 1 heterocycles. The smallest absolute Gasteiger partial charge is 0.248 e. The largest absolute Gasteiger partial charge is 0.374 e. The van der Waals surface area contributed by atoms with Crippen LogP contribution in [-0.2, 0) is 11.2 Å². The Morgan fingerprint density at radius 2 is 1.91 bits per heavy atom. The molecular formula is C16H22N4O2. The molecular weight excluding hydrogens is 280 g/mol. The number of rotatable bonds is 6. The van der Waals surface area contributed by atoms with Gasteiger partial charge in [0.25, 0.3) is 0 Å². The number of hydrogen-bond acceptors (Lipinski definition) is 5. The molecule has 1 amide bonds. The van der Waals surface area contributed by atoms with E-state index in [1.165, 1.54) is 0 Å². The molecule has 0 aliphatic heterocycles. The van der Waals surface area contributed by atoms with Crippen molar-refractivity contribution in [2.45, 2.75) is 39.2 Å². The molecule has 0 saturated carbocycles. The van der Waals surface area contributed by atoms with Crippen molar-refractivity contribution in [3.63, 3.8) is 0 Å². The number of aromatic nitrogens is 2. The van der Waals surface area contributed by atoms with Crippen molar-refractivity contribution in [2.75, 3.05) is 12.4 Å². The summed E-state index contributed by atoms with van der Waals surface area (Å²) in [5.41, 5.74) is 1.91. The molecule has 2 aromatic rings. The van der Waals surface area contributed by atoms with Crippen LogP contribution in [0.25, 0.3) is 0 Å². The first-order valence-corrected chi connectivity index (χ1v) is 7.39. The fraction of sp³-hybridized carbons (Fsp3) is 0.438. The van der Waals surface area contributed by atoms with Crippen LogP contribution < -0.4 is 10.6 Å². The number of nitrogens with zero attached hydrogens (tertiary/aromatic N) is 2. The average molecular weight is 302 g/mol. The standard InChI is InChI=1S/C16H22N4O2/c1-10(2)15-19-16(22-20-15)11(3)18-13-7-5-12(6-8-13)9-14(21)17-4/h5-8,10-11,18H,9H2,1-4H3,(H,17,21). The number of carbonyl (C=O) groups excluding carboxylic acids is 1. The Kier molecular flexibility index (Phi) is 5.14. The van der Waals surface area contributed by atoms with E-state index in [2.05, 4.69) is 20.8 Å². The molecule has 6 nitrogen and oxygen atoms in total. The van der Waals surface area contributed by atoms with Gasteiger partial charge in [0.15, 0.2) is 5.82 Å². The van der Waals surface area contributed by atoms with Gasteiger partial charge in [-0.05, 0) is 24.6 Å². The molecule has 0 bridgehead atoms. The highest BCUT2D eigenvalue weighted by Crippen LogP contribution is 2.20. The lowest BCUT2D eigenvalue weighted by Crippen LogP contribution is -2.19. The van der Waals surface area contributed by atoms with Gasteiger partial charge in [-0.1, -0.05) is 31.1 Å². The molecule has 1 unspecified atom stereocenters. The molecule has 0 fully saturated rings. The second-order valence-corrected chi connectivity index (χ2v) is 5.56. The quantitative estimate of drug-likeness (QED) is 0.857. The van der Waals surface area contributed by atoms with E-state index in [1.807, 2.05) is 45.0 Å². The van der Waals surface area contributed by atoms with Gasteiger partial charge < -0.3 is 15.2 Å². The highest BCUT2D eigenvalue weighted by Gasteiger charge is 2.15. The van der Waals surface area contributed by atoms with E-state index in [4.69, 9.17) is 4.52 Å². The number of carbonyl (C=O) groups is 1. The fourth-order valence-electron chi connectivity index (χ4n) is 1.96. The van der Waals surface area contributed by atoms with Crippen molar-refractivity contribution >= 4 is 11.6 Å². The van der Waals surface area contributed by atoms with Crippen molar-refractivity contribution < 1.29 is 9.32 Å². The first-order chi connectivity index (χ1) is 10.5. The summed E-state index contributed by atoms with van der Waals surface area (Å²) in [6.07, 6.45) is 0.383. The lowest BCUT2D eigenvalue weighted by atomic mass is 10.1. The van der Waals surface area contributed by atoms with Crippen LogP contribution in [0.1, 0.15) is 50.0 Å². The van der Waals surface area contributed by atoms with E-state index in [-0.39, 0.29) is 17.9 Å². The Hall–Kier alpha value is -2.37. The molecule has 0 aliphatic rings. The second kappa shape index (κ2) is 7.06. The summed E-state index contributed by atoms with van der Waals surface area (Å²) in [7, 11) is 1.63. The van der Waals surface area contributed by atoms with Gasteiger partial charge in [0, 0.05) is 18.7 Å². The molecule has 1 aromatic carbocycles. The van der Waals surface area contributed by atoms with E-state index in [9.17, 15) is 4.79 Å². The van der Waals surface area contributed by atoms with E-state index in [0.29, 0.717) is 18.1 Å². The minimum Gasteiger partial charge on any atom is -0.374 e. The van der Waals surface area contributed by atoms with Crippen LogP contribution in [-0.4, -0.2) is 23.1 Å². The molecule has 1 aromatic heterocycles. The summed E-state index contributed by atoms with van der Waals surface area (Å²) in [6.45, 7) is 6.02. The van der Waals surface area contributed by atoms with Crippen molar-refractivity contribution in [3.8, 4) is 0 Å². The summed E-state index contributed by atoms with van der Waals surface area (Å²) >= 11 is 0. The van der Waals surface area contributed by atoms with Crippen LogP contribution in [0.3, 0.4) is 0 Å². The van der Waals surface area contributed by atoms with Crippen LogP contribution in [0.2, 0.25) is 0 Å². The summed E-state index contributed by atoms with van der Waals surface area (Å²) in [5.74, 6) is 1.53. The molecule has 6 heteroatoms. The maximum Gasteiger partial charge on any atom is 0.248 e. The van der Waals surface area contributed by atoms with Crippen LogP contribution in [0.4, 0.5) is 5.69 Å². The number of benzene rings is 1. The zero-order chi connectivity index (χ0) is 16.1. The Morgan fingerprint density at radius 3 is 2.45 bits per heavy atom. The van der Waals surface area contributed by atoms with Crippen molar-refractivity contribution in [3.05, 3.63) is 41.5 Å². The summed E-state index contributed by atoms with van der Waals surface area (Å²) in [4.78, 5) is 15.7. The number of likely N-dealkylation sites (N-methyl/N-ethyl adjacent to an activating group) is 1. The van der Waals surface area contributed by atoms with Crippen molar-refractivity contribution in [2.24, 2.45) is 0 Å². The summed E-state index contributed by atoms with van der Waals surface area (Å²) in [5, 5.41) is 9.88.